The number of nitrogens with zero attached hydrogens (tertiary/aromatic N) is 3. The molecule has 0 unspecified atom stereocenters. The molecule has 2 atom stereocenters. The first-order chi connectivity index (χ1) is 8.91. The number of hydrogen-bond donors (Lipinski definition) is 0. The van der Waals surface area contributed by atoms with E-state index < -0.39 is 12.1 Å². The zero-order valence-corrected chi connectivity index (χ0v) is 11.1. The van der Waals surface area contributed by atoms with Crippen LogP contribution in [-0.4, -0.2) is 34.3 Å². The Labute approximate surface area is 110 Å². The number of piperidine rings is 1. The predicted molar refractivity (Wildman–Crippen MR) is 62.4 cm³/mol. The SMILES string of the molecule is CCc1noc([C@@H](C)N2CCC[C@@H](C(F)(F)F)C2)n1. The third kappa shape index (κ3) is 3.26. The first-order valence-electron chi connectivity index (χ1n) is 6.55. The van der Waals surface area contributed by atoms with Crippen LogP contribution in [0, 0.1) is 5.92 Å². The van der Waals surface area contributed by atoms with Crippen LogP contribution in [0.3, 0.4) is 0 Å². The van der Waals surface area contributed by atoms with Crippen LogP contribution in [0.1, 0.15) is 44.4 Å². The number of alkyl halides is 3. The smallest absolute Gasteiger partial charge is 0.338 e. The lowest BCUT2D eigenvalue weighted by Gasteiger charge is -2.36. The maximum absolute atomic E-state index is 12.8. The molecule has 7 heteroatoms. The van der Waals surface area contributed by atoms with Gasteiger partial charge in [-0.25, -0.2) is 0 Å². The first kappa shape index (κ1) is 14.3. The van der Waals surface area contributed by atoms with Crippen LogP contribution < -0.4 is 0 Å². The molecule has 1 fully saturated rings. The minimum absolute atomic E-state index is 0.00844. The van der Waals surface area contributed by atoms with Crippen molar-refractivity contribution in [3.8, 4) is 0 Å². The summed E-state index contributed by atoms with van der Waals surface area (Å²) in [5, 5.41) is 3.78. The zero-order valence-electron chi connectivity index (χ0n) is 11.1. The number of hydrogen-bond acceptors (Lipinski definition) is 4. The van der Waals surface area contributed by atoms with Crippen molar-refractivity contribution < 1.29 is 17.7 Å². The van der Waals surface area contributed by atoms with Crippen LogP contribution in [0.5, 0.6) is 0 Å². The highest BCUT2D eigenvalue weighted by Crippen LogP contribution is 2.35. The standard InChI is InChI=1S/C12H18F3N3O/c1-3-10-16-11(19-17-10)8(2)18-6-4-5-9(7-18)12(13,14)15/h8-9H,3-7H2,1-2H3/t8-,9-/m1/s1. The van der Waals surface area contributed by atoms with Crippen molar-refractivity contribution >= 4 is 0 Å². The Morgan fingerprint density at radius 2 is 2.21 bits per heavy atom. The fraction of sp³-hybridized carbons (Fsp3) is 0.833. The maximum atomic E-state index is 12.8. The summed E-state index contributed by atoms with van der Waals surface area (Å²) in [5.74, 6) is -0.261. The minimum Gasteiger partial charge on any atom is -0.338 e. The lowest BCUT2D eigenvalue weighted by molar-refractivity contribution is -0.188. The van der Waals surface area contributed by atoms with Crippen LogP contribution in [-0.2, 0) is 6.42 Å². The molecule has 2 rings (SSSR count). The highest BCUT2D eigenvalue weighted by atomic mass is 19.4. The van der Waals surface area contributed by atoms with E-state index in [-0.39, 0.29) is 19.0 Å². The van der Waals surface area contributed by atoms with Gasteiger partial charge in [0.2, 0.25) is 5.89 Å². The van der Waals surface area contributed by atoms with E-state index in [4.69, 9.17) is 4.52 Å². The van der Waals surface area contributed by atoms with Gasteiger partial charge >= 0.3 is 6.18 Å². The summed E-state index contributed by atoms with van der Waals surface area (Å²) in [4.78, 5) is 5.96. The first-order valence-corrected chi connectivity index (χ1v) is 6.55. The van der Waals surface area contributed by atoms with Crippen LogP contribution in [0.2, 0.25) is 0 Å². The van der Waals surface area contributed by atoms with Gasteiger partial charge in [-0.3, -0.25) is 4.90 Å². The lowest BCUT2D eigenvalue weighted by atomic mass is 9.96. The molecule has 1 aromatic rings. The molecule has 2 heterocycles. The van der Waals surface area contributed by atoms with Gasteiger partial charge < -0.3 is 4.52 Å². The summed E-state index contributed by atoms with van der Waals surface area (Å²) in [5.41, 5.74) is 0. The highest BCUT2D eigenvalue weighted by Gasteiger charge is 2.43. The monoisotopic (exact) mass is 277 g/mol. The topological polar surface area (TPSA) is 42.2 Å². The lowest BCUT2D eigenvalue weighted by Crippen LogP contribution is -2.42. The zero-order chi connectivity index (χ0) is 14.0. The van der Waals surface area contributed by atoms with Crippen molar-refractivity contribution in [2.24, 2.45) is 5.92 Å². The van der Waals surface area contributed by atoms with E-state index in [1.165, 1.54) is 0 Å². The molecule has 19 heavy (non-hydrogen) atoms. The molecular weight excluding hydrogens is 259 g/mol. The van der Waals surface area contributed by atoms with Gasteiger partial charge in [-0.1, -0.05) is 12.1 Å². The molecule has 0 amide bonds. The molecule has 4 nitrogen and oxygen atoms in total. The number of rotatable bonds is 3. The van der Waals surface area contributed by atoms with E-state index in [0.717, 1.165) is 0 Å². The normalized spacial score (nSPS) is 23.5. The Hall–Kier alpha value is -1.11. The van der Waals surface area contributed by atoms with Crippen molar-refractivity contribution in [2.45, 2.75) is 45.3 Å². The number of aryl methyl sites for hydroxylation is 1. The molecule has 0 radical (unpaired) electrons. The summed E-state index contributed by atoms with van der Waals surface area (Å²) in [7, 11) is 0. The van der Waals surface area contributed by atoms with Crippen LogP contribution in [0.25, 0.3) is 0 Å². The molecule has 1 aromatic heterocycles. The van der Waals surface area contributed by atoms with Crippen molar-refractivity contribution in [3.05, 3.63) is 11.7 Å². The minimum atomic E-state index is -4.12. The summed E-state index contributed by atoms with van der Waals surface area (Å²) in [6.07, 6.45) is -2.72. The van der Waals surface area contributed by atoms with Crippen LogP contribution in [0.15, 0.2) is 4.52 Å². The molecule has 1 aliphatic heterocycles. The summed E-state index contributed by atoms with van der Waals surface area (Å²) < 4.78 is 43.4. The number of likely N-dealkylation sites (tertiary alicyclic amines) is 1. The van der Waals surface area contributed by atoms with E-state index in [0.29, 0.717) is 31.1 Å². The summed E-state index contributed by atoms with van der Waals surface area (Å²) in [6.45, 7) is 4.36. The summed E-state index contributed by atoms with van der Waals surface area (Å²) in [6, 6.07) is -0.266. The second kappa shape index (κ2) is 5.48. The van der Waals surface area contributed by atoms with Crippen molar-refractivity contribution in [2.75, 3.05) is 13.1 Å². The molecule has 1 aliphatic rings. The summed E-state index contributed by atoms with van der Waals surface area (Å²) >= 11 is 0. The molecule has 0 aromatic carbocycles. The van der Waals surface area contributed by atoms with Gasteiger partial charge in [0.25, 0.3) is 0 Å². The third-order valence-electron chi connectivity index (χ3n) is 3.62. The van der Waals surface area contributed by atoms with Gasteiger partial charge in [0.05, 0.1) is 12.0 Å². The van der Waals surface area contributed by atoms with Crippen molar-refractivity contribution in [1.29, 1.82) is 0 Å². The Morgan fingerprint density at radius 3 is 2.79 bits per heavy atom. The Balaban J connectivity index is 2.04. The van der Waals surface area contributed by atoms with Crippen molar-refractivity contribution in [1.82, 2.24) is 15.0 Å². The van der Waals surface area contributed by atoms with Gasteiger partial charge in [-0.05, 0) is 26.3 Å². The van der Waals surface area contributed by atoms with Crippen LogP contribution in [0.4, 0.5) is 13.2 Å². The van der Waals surface area contributed by atoms with E-state index in [2.05, 4.69) is 10.1 Å². The number of halogens is 3. The van der Waals surface area contributed by atoms with Gasteiger partial charge in [-0.15, -0.1) is 0 Å². The number of aromatic nitrogens is 2. The molecule has 108 valence electrons. The second-order valence-corrected chi connectivity index (χ2v) is 4.95. The van der Waals surface area contributed by atoms with Crippen LogP contribution >= 0.6 is 0 Å². The quantitative estimate of drug-likeness (QED) is 0.852. The van der Waals surface area contributed by atoms with Gasteiger partial charge in [0, 0.05) is 13.0 Å². The Morgan fingerprint density at radius 1 is 1.47 bits per heavy atom. The fourth-order valence-corrected chi connectivity index (χ4v) is 2.36. The Kier molecular flexibility index (Phi) is 4.13. The molecule has 0 N–H and O–H groups in total. The van der Waals surface area contributed by atoms with E-state index in [1.54, 1.807) is 4.90 Å². The van der Waals surface area contributed by atoms with E-state index >= 15 is 0 Å². The fourth-order valence-electron chi connectivity index (χ4n) is 2.36. The predicted octanol–water partition coefficient (Wildman–Crippen LogP) is 2.97. The molecule has 0 bridgehead atoms. The van der Waals surface area contributed by atoms with E-state index in [9.17, 15) is 13.2 Å². The van der Waals surface area contributed by atoms with Crippen molar-refractivity contribution in [3.63, 3.8) is 0 Å². The maximum Gasteiger partial charge on any atom is 0.393 e. The largest absolute Gasteiger partial charge is 0.393 e. The van der Waals surface area contributed by atoms with E-state index in [1.807, 2.05) is 13.8 Å². The average Bonchev–Trinajstić information content (AvgIpc) is 2.86. The van der Waals surface area contributed by atoms with Gasteiger partial charge in [-0.2, -0.15) is 18.2 Å². The van der Waals surface area contributed by atoms with Gasteiger partial charge in [0.15, 0.2) is 5.82 Å². The Bertz CT molecular complexity index is 419. The molecule has 0 aliphatic carbocycles. The molecule has 0 spiro atoms. The highest BCUT2D eigenvalue weighted by molar-refractivity contribution is 4.93. The van der Waals surface area contributed by atoms with Gasteiger partial charge in [0.1, 0.15) is 0 Å². The molecular formula is C12H18F3N3O. The second-order valence-electron chi connectivity index (χ2n) is 4.95. The molecule has 0 saturated carbocycles. The molecule has 1 saturated heterocycles. The average molecular weight is 277 g/mol. The third-order valence-corrected chi connectivity index (χ3v) is 3.62.